The van der Waals surface area contributed by atoms with E-state index in [1.807, 2.05) is 45.9 Å². The molecule has 2 heteroatoms. The average Bonchev–Trinajstić information content (AvgIpc) is 2.26. The fraction of sp³-hybridized carbons (Fsp3) is 0.429. The summed E-state index contributed by atoms with van der Waals surface area (Å²) in [5.41, 5.74) is 4.86. The lowest BCUT2D eigenvalue weighted by molar-refractivity contribution is -0.120. The minimum Gasteiger partial charge on any atom is -0.320 e. The summed E-state index contributed by atoms with van der Waals surface area (Å²) in [6.45, 7) is 7.85. The summed E-state index contributed by atoms with van der Waals surface area (Å²) in [6, 6.07) is 0. The monoisotopic (exact) mass is 219 g/mol. The van der Waals surface area contributed by atoms with Gasteiger partial charge in [-0.15, -0.1) is 0 Å². The number of hydrogen-bond donors (Lipinski definition) is 1. The second-order valence-corrected chi connectivity index (χ2v) is 3.51. The highest BCUT2D eigenvalue weighted by atomic mass is 16.1. The van der Waals surface area contributed by atoms with Crippen molar-refractivity contribution in [3.63, 3.8) is 0 Å². The molecular formula is C14H21NO. The minimum atomic E-state index is 0.0367. The van der Waals surface area contributed by atoms with E-state index in [0.29, 0.717) is 12.1 Å². The molecule has 0 rings (SSSR count). The van der Waals surface area contributed by atoms with Crippen LogP contribution < -0.4 is 5.32 Å². The molecule has 0 aliphatic heterocycles. The Labute approximate surface area is 98.4 Å². The Morgan fingerprint density at radius 1 is 1.31 bits per heavy atom. The lowest BCUT2D eigenvalue weighted by atomic mass is 10.2. The highest BCUT2D eigenvalue weighted by molar-refractivity contribution is 5.78. The molecule has 88 valence electrons. The Hall–Kier alpha value is -1.53. The Kier molecular flexibility index (Phi) is 7.92. The molecule has 0 bridgehead atoms. The quantitative estimate of drug-likeness (QED) is 0.556. The van der Waals surface area contributed by atoms with Gasteiger partial charge in [-0.2, -0.15) is 0 Å². The van der Waals surface area contributed by atoms with E-state index >= 15 is 0 Å². The maximum Gasteiger partial charge on any atom is 0.224 e. The molecule has 0 atom stereocenters. The number of hydrogen-bond acceptors (Lipinski definition) is 1. The Morgan fingerprint density at radius 2 is 2.00 bits per heavy atom. The molecule has 0 heterocycles. The lowest BCUT2D eigenvalue weighted by Gasteiger charge is -2.02. The molecule has 0 spiro atoms. The van der Waals surface area contributed by atoms with Gasteiger partial charge in [0.15, 0.2) is 0 Å². The van der Waals surface area contributed by atoms with Crippen LogP contribution in [0.4, 0.5) is 0 Å². The highest BCUT2D eigenvalue weighted by Gasteiger charge is 1.99. The third-order valence-corrected chi connectivity index (χ3v) is 2.02. The Balaban J connectivity index is 4.60. The molecule has 0 aliphatic rings. The van der Waals surface area contributed by atoms with Crippen molar-refractivity contribution in [3.8, 4) is 0 Å². The van der Waals surface area contributed by atoms with E-state index in [1.54, 1.807) is 6.08 Å². The summed E-state index contributed by atoms with van der Waals surface area (Å²) in [6.07, 6.45) is 9.02. The fourth-order valence-corrected chi connectivity index (χ4v) is 1.03. The maximum atomic E-state index is 11.4. The van der Waals surface area contributed by atoms with Crippen LogP contribution in [-0.4, -0.2) is 5.91 Å². The van der Waals surface area contributed by atoms with Crippen LogP contribution in [-0.2, 0) is 4.79 Å². The number of carbonyl (C=O) groups excluding carboxylic acids is 1. The molecule has 16 heavy (non-hydrogen) atoms. The summed E-state index contributed by atoms with van der Waals surface area (Å²) < 4.78 is 0. The molecule has 0 saturated heterocycles. The molecule has 0 aromatic heterocycles. The van der Waals surface area contributed by atoms with Gasteiger partial charge in [0.05, 0.1) is 5.70 Å². The SMILES string of the molecule is CC=C=C(/C=C\C(C)=C/C)NC(=O)CCC. The van der Waals surface area contributed by atoms with E-state index in [9.17, 15) is 4.79 Å². The van der Waals surface area contributed by atoms with Crippen molar-refractivity contribution in [3.05, 3.63) is 41.3 Å². The minimum absolute atomic E-state index is 0.0367. The van der Waals surface area contributed by atoms with Gasteiger partial charge in [0, 0.05) is 6.42 Å². The maximum absolute atomic E-state index is 11.4. The lowest BCUT2D eigenvalue weighted by Crippen LogP contribution is -2.20. The van der Waals surface area contributed by atoms with Crippen LogP contribution >= 0.6 is 0 Å². The van der Waals surface area contributed by atoms with Crippen LogP contribution in [0.1, 0.15) is 40.5 Å². The van der Waals surface area contributed by atoms with E-state index < -0.39 is 0 Å². The first-order valence-electron chi connectivity index (χ1n) is 5.66. The topological polar surface area (TPSA) is 29.1 Å². The van der Waals surface area contributed by atoms with Crippen LogP contribution in [0.5, 0.6) is 0 Å². The zero-order valence-electron chi connectivity index (χ0n) is 10.6. The molecule has 0 radical (unpaired) electrons. The van der Waals surface area contributed by atoms with Crippen LogP contribution in [0, 0.1) is 0 Å². The van der Waals surface area contributed by atoms with E-state index in [4.69, 9.17) is 0 Å². The molecular weight excluding hydrogens is 198 g/mol. The molecule has 1 N–H and O–H groups in total. The van der Waals surface area contributed by atoms with Crippen LogP contribution in [0.15, 0.2) is 41.3 Å². The third-order valence-electron chi connectivity index (χ3n) is 2.02. The van der Waals surface area contributed by atoms with Crippen LogP contribution in [0.2, 0.25) is 0 Å². The first kappa shape index (κ1) is 14.5. The Bertz CT molecular complexity index is 342. The predicted octanol–water partition coefficient (Wildman–Crippen LogP) is 3.48. The van der Waals surface area contributed by atoms with Gasteiger partial charge in [-0.25, -0.2) is 0 Å². The van der Waals surface area contributed by atoms with Crippen molar-refractivity contribution in [1.82, 2.24) is 5.32 Å². The Morgan fingerprint density at radius 3 is 2.50 bits per heavy atom. The van der Waals surface area contributed by atoms with Gasteiger partial charge in [-0.05, 0) is 39.3 Å². The number of nitrogens with one attached hydrogen (secondary N) is 1. The number of rotatable bonds is 5. The number of allylic oxidation sites excluding steroid dienone is 4. The first-order chi connectivity index (χ1) is 7.63. The summed E-state index contributed by atoms with van der Waals surface area (Å²) in [4.78, 5) is 11.4. The molecule has 0 fully saturated rings. The van der Waals surface area contributed by atoms with Gasteiger partial charge in [-0.3, -0.25) is 4.79 Å². The summed E-state index contributed by atoms with van der Waals surface area (Å²) in [5, 5.41) is 2.82. The molecule has 1 amide bonds. The van der Waals surface area contributed by atoms with Crippen LogP contribution in [0.3, 0.4) is 0 Å². The smallest absolute Gasteiger partial charge is 0.224 e. The zero-order valence-corrected chi connectivity index (χ0v) is 10.6. The highest BCUT2D eigenvalue weighted by Crippen LogP contribution is 1.99. The zero-order chi connectivity index (χ0) is 12.4. The number of carbonyl (C=O) groups is 1. The summed E-state index contributed by atoms with van der Waals surface area (Å²) in [7, 11) is 0. The molecule has 0 saturated carbocycles. The predicted molar refractivity (Wildman–Crippen MR) is 68.9 cm³/mol. The molecule has 0 aromatic carbocycles. The summed E-state index contributed by atoms with van der Waals surface area (Å²) >= 11 is 0. The molecule has 0 aromatic rings. The standard InChI is InChI=1S/C14H21NO/c1-5-8-13(11-10-12(4)7-3)15-14(16)9-6-2/h5,7,10-11H,6,9H2,1-4H3,(H,15,16)/b11-10-,12-7-. The molecule has 0 aliphatic carbocycles. The van der Waals surface area contributed by atoms with E-state index in [1.165, 1.54) is 0 Å². The van der Waals surface area contributed by atoms with E-state index in [2.05, 4.69) is 11.0 Å². The number of amides is 1. The van der Waals surface area contributed by atoms with E-state index in [0.717, 1.165) is 12.0 Å². The van der Waals surface area contributed by atoms with Gasteiger partial charge in [0.2, 0.25) is 5.91 Å². The fourth-order valence-electron chi connectivity index (χ4n) is 1.03. The van der Waals surface area contributed by atoms with Crippen molar-refractivity contribution >= 4 is 5.91 Å². The van der Waals surface area contributed by atoms with Gasteiger partial charge in [0.25, 0.3) is 0 Å². The second-order valence-electron chi connectivity index (χ2n) is 3.51. The molecule has 2 nitrogen and oxygen atoms in total. The first-order valence-corrected chi connectivity index (χ1v) is 5.66. The summed E-state index contributed by atoms with van der Waals surface area (Å²) in [5.74, 6) is 0.0367. The van der Waals surface area contributed by atoms with Gasteiger partial charge < -0.3 is 5.32 Å². The van der Waals surface area contributed by atoms with Gasteiger partial charge in [-0.1, -0.05) is 30.4 Å². The van der Waals surface area contributed by atoms with Crippen molar-refractivity contribution in [2.45, 2.75) is 40.5 Å². The van der Waals surface area contributed by atoms with Crippen molar-refractivity contribution < 1.29 is 4.79 Å². The normalized spacial score (nSPS) is 11.1. The molecule has 0 unspecified atom stereocenters. The van der Waals surface area contributed by atoms with Crippen molar-refractivity contribution in [2.75, 3.05) is 0 Å². The van der Waals surface area contributed by atoms with Crippen LogP contribution in [0.25, 0.3) is 0 Å². The van der Waals surface area contributed by atoms with Crippen molar-refractivity contribution in [2.24, 2.45) is 0 Å². The van der Waals surface area contributed by atoms with Gasteiger partial charge in [0.1, 0.15) is 0 Å². The third kappa shape index (κ3) is 6.86. The van der Waals surface area contributed by atoms with Crippen molar-refractivity contribution in [1.29, 1.82) is 0 Å². The largest absolute Gasteiger partial charge is 0.320 e. The van der Waals surface area contributed by atoms with E-state index in [-0.39, 0.29) is 5.91 Å². The average molecular weight is 219 g/mol. The van der Waals surface area contributed by atoms with Gasteiger partial charge >= 0.3 is 0 Å². The second kappa shape index (κ2) is 8.75.